The number of aliphatic hydroxyl groups is 1. The highest BCUT2D eigenvalue weighted by Crippen LogP contribution is 2.62. The number of halogens is 1. The molecule has 6 heteroatoms. The minimum Gasteiger partial charge on any atom is -0.453 e. The van der Waals surface area contributed by atoms with Gasteiger partial charge in [0.05, 0.1) is 12.0 Å². The monoisotopic (exact) mass is 391 g/mol. The van der Waals surface area contributed by atoms with Crippen molar-refractivity contribution in [2.45, 2.75) is 63.6 Å². The summed E-state index contributed by atoms with van der Waals surface area (Å²) in [5.41, 5.74) is -0.183. The number of carbonyl (C=O) groups is 2. The van der Waals surface area contributed by atoms with E-state index in [1.807, 2.05) is 0 Å². The molecule has 0 radical (unpaired) electrons. The van der Waals surface area contributed by atoms with Gasteiger partial charge in [0.15, 0.2) is 6.10 Å². The molecule has 0 spiro atoms. The number of ether oxygens (including phenoxy) is 1. The van der Waals surface area contributed by atoms with E-state index in [2.05, 4.69) is 5.32 Å². The molecule has 1 aromatic carbocycles. The Morgan fingerprint density at radius 2 is 2.00 bits per heavy atom. The minimum atomic E-state index is -0.881. The molecule has 1 amide bonds. The van der Waals surface area contributed by atoms with E-state index in [0.29, 0.717) is 29.0 Å². The van der Waals surface area contributed by atoms with E-state index in [9.17, 15) is 14.7 Å². The first-order valence-electron chi connectivity index (χ1n) is 9.73. The van der Waals surface area contributed by atoms with Crippen LogP contribution in [0.4, 0.5) is 5.69 Å². The maximum absolute atomic E-state index is 12.5. The van der Waals surface area contributed by atoms with Crippen LogP contribution in [0.1, 0.15) is 51.9 Å². The number of hydrogen-bond donors (Lipinski definition) is 2. The average molecular weight is 392 g/mol. The summed E-state index contributed by atoms with van der Waals surface area (Å²) in [5.74, 6) is 0.309. The Hall–Kier alpha value is -1.59. The fourth-order valence-corrected chi connectivity index (χ4v) is 6.21. The molecular formula is C21H26ClNO4. The normalized spacial score (nSPS) is 34.9. The molecule has 2 unspecified atom stereocenters. The van der Waals surface area contributed by atoms with Gasteiger partial charge < -0.3 is 15.2 Å². The Morgan fingerprint density at radius 3 is 2.63 bits per heavy atom. The van der Waals surface area contributed by atoms with Crippen molar-refractivity contribution in [1.82, 2.24) is 0 Å². The van der Waals surface area contributed by atoms with Crippen molar-refractivity contribution < 1.29 is 19.4 Å². The van der Waals surface area contributed by atoms with E-state index in [1.54, 1.807) is 31.2 Å². The number of esters is 1. The van der Waals surface area contributed by atoms with Gasteiger partial charge >= 0.3 is 5.97 Å². The first-order chi connectivity index (χ1) is 12.7. The van der Waals surface area contributed by atoms with Crippen molar-refractivity contribution in [2.75, 3.05) is 5.32 Å². The molecule has 4 bridgehead atoms. The van der Waals surface area contributed by atoms with E-state index in [-0.39, 0.29) is 23.7 Å². The third-order valence-electron chi connectivity index (χ3n) is 6.44. The molecule has 2 N–H and O–H groups in total. The molecule has 5 rings (SSSR count). The highest BCUT2D eigenvalue weighted by molar-refractivity contribution is 6.30. The molecule has 0 aromatic heterocycles. The number of hydrogen-bond acceptors (Lipinski definition) is 4. The molecular weight excluding hydrogens is 366 g/mol. The van der Waals surface area contributed by atoms with Gasteiger partial charge in [-0.05, 0) is 80.9 Å². The van der Waals surface area contributed by atoms with Crippen LogP contribution < -0.4 is 5.32 Å². The van der Waals surface area contributed by atoms with Gasteiger partial charge in [-0.3, -0.25) is 9.59 Å². The Labute approximate surface area is 164 Å². The summed E-state index contributed by atoms with van der Waals surface area (Å²) in [6.45, 7) is 1.57. The van der Waals surface area contributed by atoms with Gasteiger partial charge in [-0.2, -0.15) is 0 Å². The van der Waals surface area contributed by atoms with Crippen molar-refractivity contribution in [3.05, 3.63) is 29.3 Å². The molecule has 5 nitrogen and oxygen atoms in total. The number of rotatable bonds is 5. The summed E-state index contributed by atoms with van der Waals surface area (Å²) in [4.78, 5) is 24.9. The summed E-state index contributed by atoms with van der Waals surface area (Å²) < 4.78 is 5.42. The van der Waals surface area contributed by atoms with Crippen LogP contribution >= 0.6 is 11.6 Å². The molecule has 0 aliphatic heterocycles. The quantitative estimate of drug-likeness (QED) is 0.745. The molecule has 5 atom stereocenters. The maximum atomic E-state index is 12.5. The number of benzene rings is 1. The zero-order valence-corrected chi connectivity index (χ0v) is 16.3. The van der Waals surface area contributed by atoms with Gasteiger partial charge in [-0.15, -0.1) is 0 Å². The Balaban J connectivity index is 1.34. The smallest absolute Gasteiger partial charge is 0.307 e. The van der Waals surface area contributed by atoms with Crippen molar-refractivity contribution >= 4 is 29.2 Å². The largest absolute Gasteiger partial charge is 0.453 e. The lowest BCUT2D eigenvalue weighted by Crippen LogP contribution is -2.56. The van der Waals surface area contributed by atoms with Gasteiger partial charge in [-0.25, -0.2) is 0 Å². The third kappa shape index (κ3) is 3.99. The Bertz CT molecular complexity index is 750. The lowest BCUT2D eigenvalue weighted by Gasteiger charge is -2.60. The van der Waals surface area contributed by atoms with E-state index in [4.69, 9.17) is 16.3 Å². The molecule has 0 saturated heterocycles. The van der Waals surface area contributed by atoms with Crippen LogP contribution in [0.3, 0.4) is 0 Å². The fourth-order valence-electron chi connectivity index (χ4n) is 6.02. The number of carbonyl (C=O) groups excluding carboxylic acids is 2. The average Bonchev–Trinajstić information content (AvgIpc) is 2.51. The van der Waals surface area contributed by atoms with Crippen LogP contribution in [-0.4, -0.2) is 28.7 Å². The van der Waals surface area contributed by atoms with Crippen molar-refractivity contribution in [1.29, 1.82) is 0 Å². The van der Waals surface area contributed by atoms with E-state index >= 15 is 0 Å². The standard InChI is InChI=1S/C21H26ClNO4/c1-13(19(25)23-17-4-2-3-16(22)6-17)27-18(24)11-20-7-14-5-15(8-20)10-21(26,9-14)12-20/h2-4,6,13-15,26H,5,7-12H2,1H3,(H,23,25)/t13-,14-,15+,20?,21?/m0/s1. The Kier molecular flexibility index (Phi) is 4.71. The van der Waals surface area contributed by atoms with E-state index < -0.39 is 11.7 Å². The molecule has 4 fully saturated rings. The zero-order valence-electron chi connectivity index (χ0n) is 15.5. The first-order valence-corrected chi connectivity index (χ1v) is 10.1. The molecule has 4 aliphatic rings. The topological polar surface area (TPSA) is 75.6 Å². The van der Waals surface area contributed by atoms with Crippen molar-refractivity contribution in [3.8, 4) is 0 Å². The fraction of sp³-hybridized carbons (Fsp3) is 0.619. The zero-order chi connectivity index (χ0) is 19.2. The molecule has 146 valence electrons. The lowest BCUT2D eigenvalue weighted by molar-refractivity contribution is -0.179. The summed E-state index contributed by atoms with van der Waals surface area (Å²) in [6.07, 6.45) is 5.00. The summed E-state index contributed by atoms with van der Waals surface area (Å²) >= 11 is 5.92. The van der Waals surface area contributed by atoms with Crippen LogP contribution in [0.25, 0.3) is 0 Å². The van der Waals surface area contributed by atoms with Crippen molar-refractivity contribution in [2.24, 2.45) is 17.3 Å². The van der Waals surface area contributed by atoms with Crippen LogP contribution in [-0.2, 0) is 14.3 Å². The van der Waals surface area contributed by atoms with E-state index in [1.165, 1.54) is 6.42 Å². The highest BCUT2D eigenvalue weighted by atomic mass is 35.5. The second kappa shape index (κ2) is 6.78. The maximum Gasteiger partial charge on any atom is 0.307 e. The number of anilines is 1. The molecule has 1 aromatic rings. The third-order valence-corrected chi connectivity index (χ3v) is 6.68. The van der Waals surface area contributed by atoms with E-state index in [0.717, 1.165) is 25.7 Å². The molecule has 0 heterocycles. The second-order valence-electron chi connectivity index (χ2n) is 8.99. The number of nitrogens with one attached hydrogen (secondary N) is 1. The molecule has 4 aliphatic carbocycles. The lowest BCUT2D eigenvalue weighted by atomic mass is 9.47. The number of amides is 1. The summed E-state index contributed by atoms with van der Waals surface area (Å²) in [7, 11) is 0. The summed E-state index contributed by atoms with van der Waals surface area (Å²) in [5, 5.41) is 14.0. The van der Waals surface area contributed by atoms with Gasteiger partial charge in [-0.1, -0.05) is 17.7 Å². The Morgan fingerprint density at radius 1 is 1.30 bits per heavy atom. The molecule has 4 saturated carbocycles. The summed E-state index contributed by atoms with van der Waals surface area (Å²) in [6, 6.07) is 6.84. The predicted molar refractivity (Wildman–Crippen MR) is 102 cm³/mol. The minimum absolute atomic E-state index is 0.154. The highest BCUT2D eigenvalue weighted by Gasteiger charge is 2.57. The van der Waals surface area contributed by atoms with Gasteiger partial charge in [0.25, 0.3) is 5.91 Å². The van der Waals surface area contributed by atoms with Crippen molar-refractivity contribution in [3.63, 3.8) is 0 Å². The van der Waals surface area contributed by atoms with Gasteiger partial charge in [0.1, 0.15) is 0 Å². The first kappa shape index (κ1) is 18.8. The van der Waals surface area contributed by atoms with Crippen LogP contribution in [0, 0.1) is 17.3 Å². The predicted octanol–water partition coefficient (Wildman–Crippen LogP) is 3.93. The SMILES string of the molecule is C[C@H](OC(=O)CC12C[C@@H]3C[C@@H](CC(O)(C3)C1)C2)C(=O)Nc1cccc(Cl)c1. The second-order valence-corrected chi connectivity index (χ2v) is 9.43. The van der Waals surface area contributed by atoms with Crippen LogP contribution in [0.5, 0.6) is 0 Å². The van der Waals surface area contributed by atoms with Crippen LogP contribution in [0.15, 0.2) is 24.3 Å². The molecule has 27 heavy (non-hydrogen) atoms. The van der Waals surface area contributed by atoms with Crippen LogP contribution in [0.2, 0.25) is 5.02 Å². The van der Waals surface area contributed by atoms with Gasteiger partial charge in [0.2, 0.25) is 0 Å². The van der Waals surface area contributed by atoms with Gasteiger partial charge in [0, 0.05) is 10.7 Å².